The van der Waals surface area contributed by atoms with Crippen LogP contribution in [0.25, 0.3) is 136 Å². The lowest BCUT2D eigenvalue weighted by Gasteiger charge is -2.17. The van der Waals surface area contributed by atoms with Crippen LogP contribution < -0.4 is 0 Å². The van der Waals surface area contributed by atoms with Crippen molar-refractivity contribution in [1.82, 2.24) is 18.3 Å². The molecule has 0 aliphatic rings. The van der Waals surface area contributed by atoms with Crippen molar-refractivity contribution in [3.05, 3.63) is 235 Å². The molecule has 4 heterocycles. The van der Waals surface area contributed by atoms with Crippen molar-refractivity contribution >= 4 is 114 Å². The third-order valence-electron chi connectivity index (χ3n) is 14.8. The Kier molecular flexibility index (Phi) is 7.82. The Hall–Kier alpha value is -9.88. The summed E-state index contributed by atoms with van der Waals surface area (Å²) in [6.07, 6.45) is 0. The maximum atomic E-state index is 11.1. The van der Waals surface area contributed by atoms with Crippen LogP contribution in [0, 0.1) is 17.9 Å². The first-order chi connectivity index (χ1) is 34.7. The molecule has 6 heteroatoms. The summed E-state index contributed by atoms with van der Waals surface area (Å²) in [5.41, 5.74) is 12.8. The highest BCUT2D eigenvalue weighted by atomic mass is 15.0. The van der Waals surface area contributed by atoms with Crippen LogP contribution in [0.4, 0.5) is 5.69 Å². The number of rotatable bonds is 4. The second-order valence-electron chi connectivity index (χ2n) is 18.3. The van der Waals surface area contributed by atoms with Gasteiger partial charge in [0.2, 0.25) is 5.69 Å². The van der Waals surface area contributed by atoms with E-state index in [0.717, 1.165) is 98.6 Å². The van der Waals surface area contributed by atoms with E-state index in [1.54, 1.807) is 6.07 Å². The number of para-hydroxylation sites is 4. The lowest BCUT2D eigenvalue weighted by Crippen LogP contribution is -2.02. The molecule has 0 saturated heterocycles. The van der Waals surface area contributed by atoms with Crippen molar-refractivity contribution in [3.8, 4) is 28.8 Å². The maximum absolute atomic E-state index is 11.1. The van der Waals surface area contributed by atoms with Crippen molar-refractivity contribution in [2.24, 2.45) is 0 Å². The van der Waals surface area contributed by atoms with Crippen LogP contribution in [0.1, 0.15) is 5.56 Å². The quantitative estimate of drug-likeness (QED) is 0.162. The molecule has 322 valence electrons. The summed E-state index contributed by atoms with van der Waals surface area (Å²) < 4.78 is 9.21. The molecular formula is C64H36N6. The minimum absolute atomic E-state index is 0.401. The zero-order chi connectivity index (χ0) is 46.2. The molecule has 0 radical (unpaired) electrons. The Morgan fingerprint density at radius 1 is 0.329 bits per heavy atom. The van der Waals surface area contributed by atoms with E-state index in [9.17, 15) is 5.26 Å². The molecule has 0 unspecified atom stereocenters. The van der Waals surface area contributed by atoms with Crippen molar-refractivity contribution < 1.29 is 0 Å². The molecule has 0 amide bonds. The number of benzene rings is 11. The van der Waals surface area contributed by atoms with E-state index in [4.69, 9.17) is 6.57 Å². The van der Waals surface area contributed by atoms with Crippen LogP contribution in [0.15, 0.2) is 218 Å². The summed E-state index contributed by atoms with van der Waals surface area (Å²) >= 11 is 0. The van der Waals surface area contributed by atoms with Gasteiger partial charge in [-0.2, -0.15) is 5.26 Å². The van der Waals surface area contributed by atoms with E-state index in [2.05, 4.69) is 242 Å². The van der Waals surface area contributed by atoms with Gasteiger partial charge in [-0.15, -0.1) is 0 Å². The third kappa shape index (κ3) is 5.14. The number of hydrogen-bond donors (Lipinski definition) is 0. The van der Waals surface area contributed by atoms with Gasteiger partial charge in [0.15, 0.2) is 0 Å². The zero-order valence-corrected chi connectivity index (χ0v) is 37.5. The van der Waals surface area contributed by atoms with E-state index < -0.39 is 0 Å². The van der Waals surface area contributed by atoms with Gasteiger partial charge in [-0.25, -0.2) is 4.85 Å². The molecule has 0 bridgehead atoms. The van der Waals surface area contributed by atoms with Gasteiger partial charge in [0.05, 0.1) is 73.7 Å². The van der Waals surface area contributed by atoms with Crippen molar-refractivity contribution in [2.45, 2.75) is 0 Å². The van der Waals surface area contributed by atoms with Gasteiger partial charge >= 0.3 is 0 Å². The Balaban J connectivity index is 1.03. The van der Waals surface area contributed by atoms with E-state index in [0.29, 0.717) is 22.6 Å². The summed E-state index contributed by atoms with van der Waals surface area (Å²) in [7, 11) is 0. The minimum Gasteiger partial charge on any atom is -0.319 e. The van der Waals surface area contributed by atoms with Crippen LogP contribution in [0.2, 0.25) is 0 Å². The summed E-state index contributed by atoms with van der Waals surface area (Å²) in [5.74, 6) is 0. The molecule has 0 fully saturated rings. The predicted octanol–water partition coefficient (Wildman–Crippen LogP) is 16.8. The average Bonchev–Trinajstić information content (AvgIpc) is 4.15. The van der Waals surface area contributed by atoms with Gasteiger partial charge in [-0.3, -0.25) is 0 Å². The van der Waals surface area contributed by atoms with Crippen LogP contribution in [0.5, 0.6) is 0 Å². The maximum Gasteiger partial charge on any atom is 0.212 e. The van der Waals surface area contributed by atoms with Gasteiger partial charge in [-0.1, -0.05) is 133 Å². The Morgan fingerprint density at radius 3 is 1.13 bits per heavy atom. The number of aromatic nitrogens is 4. The van der Waals surface area contributed by atoms with Crippen LogP contribution in [-0.2, 0) is 0 Å². The normalized spacial score (nSPS) is 12.0. The van der Waals surface area contributed by atoms with Gasteiger partial charge in [0.25, 0.3) is 0 Å². The molecule has 11 aromatic carbocycles. The summed E-state index contributed by atoms with van der Waals surface area (Å²) in [6, 6.07) is 80.1. The van der Waals surface area contributed by atoms with Crippen molar-refractivity contribution in [1.29, 1.82) is 5.26 Å². The van der Waals surface area contributed by atoms with E-state index >= 15 is 0 Å². The first-order valence-corrected chi connectivity index (χ1v) is 23.5. The largest absolute Gasteiger partial charge is 0.319 e. The predicted molar refractivity (Wildman–Crippen MR) is 290 cm³/mol. The fourth-order valence-corrected chi connectivity index (χ4v) is 11.9. The first kappa shape index (κ1) is 38.2. The molecule has 0 atom stereocenters. The van der Waals surface area contributed by atoms with Crippen LogP contribution in [-0.4, -0.2) is 18.3 Å². The second-order valence-corrected chi connectivity index (χ2v) is 18.3. The third-order valence-corrected chi connectivity index (χ3v) is 14.8. The minimum atomic E-state index is 0.401. The van der Waals surface area contributed by atoms with Gasteiger partial charge in [0, 0.05) is 54.5 Å². The fraction of sp³-hybridized carbons (Fsp3) is 0. The van der Waals surface area contributed by atoms with Crippen molar-refractivity contribution in [2.75, 3.05) is 0 Å². The molecule has 0 saturated carbocycles. The topological polar surface area (TPSA) is 47.9 Å². The van der Waals surface area contributed by atoms with Gasteiger partial charge in [0.1, 0.15) is 0 Å². The zero-order valence-electron chi connectivity index (χ0n) is 37.5. The van der Waals surface area contributed by atoms with E-state index in [1.165, 1.54) is 21.5 Å². The molecule has 15 aromatic rings. The number of hydrogen-bond acceptors (Lipinski definition) is 1. The summed E-state index contributed by atoms with van der Waals surface area (Å²) in [4.78, 5) is 4.18. The van der Waals surface area contributed by atoms with Crippen LogP contribution in [0.3, 0.4) is 0 Å². The SMILES string of the molecule is [C-]#[N+]c1cc(C#N)c(-n2c3ccc(-n4c5ccccc5c5ccccc54)cc3c3c4ccccc4ccc32)cc1-n1c2ccc(-n3c4ccccc4c4ccccc43)cc2c2c3ccccc3ccc21. The lowest BCUT2D eigenvalue weighted by molar-refractivity contribution is 1.13. The molecular weight excluding hydrogens is 853 g/mol. The number of nitrogens with zero attached hydrogens (tertiary/aromatic N) is 6. The molecule has 0 N–H and O–H groups in total. The molecule has 6 nitrogen and oxygen atoms in total. The Labute approximate surface area is 400 Å². The standard InChI is InChI=1S/C64H36N6/c1-66-52-34-41(38-65)61(69-57-32-28-42(35-50(57)63-44-16-4-2-14-39(44)26-30-59(63)69)67-53-22-10-6-18-46(53)47-19-7-11-23-54(47)67)37-62(52)70-58-33-29-43(36-51(58)64-45-17-5-3-15-40(45)27-31-60(64)70)68-55-24-12-8-20-48(55)49-21-9-13-25-56(49)68/h2-37H. The second kappa shape index (κ2) is 14.3. The summed E-state index contributed by atoms with van der Waals surface area (Å²) in [5, 5.41) is 24.8. The van der Waals surface area contributed by atoms with Gasteiger partial charge < -0.3 is 18.3 Å². The molecule has 0 aliphatic heterocycles. The number of fused-ring (bicyclic) bond motifs is 16. The molecule has 15 rings (SSSR count). The molecule has 0 spiro atoms. The Morgan fingerprint density at radius 2 is 0.700 bits per heavy atom. The first-order valence-electron chi connectivity index (χ1n) is 23.5. The highest BCUT2D eigenvalue weighted by molar-refractivity contribution is 6.24. The van der Waals surface area contributed by atoms with E-state index in [1.807, 2.05) is 0 Å². The fourth-order valence-electron chi connectivity index (χ4n) is 11.9. The van der Waals surface area contributed by atoms with Crippen molar-refractivity contribution in [3.63, 3.8) is 0 Å². The molecule has 0 aliphatic carbocycles. The highest BCUT2D eigenvalue weighted by Crippen LogP contribution is 2.45. The lowest BCUT2D eigenvalue weighted by atomic mass is 10.0. The highest BCUT2D eigenvalue weighted by Gasteiger charge is 2.24. The smallest absolute Gasteiger partial charge is 0.212 e. The number of nitriles is 1. The molecule has 4 aromatic heterocycles. The van der Waals surface area contributed by atoms with Gasteiger partial charge in [-0.05, 0) is 106 Å². The van der Waals surface area contributed by atoms with Crippen LogP contribution >= 0.6 is 0 Å². The monoisotopic (exact) mass is 888 g/mol. The average molecular weight is 889 g/mol. The summed E-state index contributed by atoms with van der Waals surface area (Å²) in [6.45, 7) is 8.68. The van der Waals surface area contributed by atoms with E-state index in [-0.39, 0.29) is 0 Å². The molecule has 70 heavy (non-hydrogen) atoms. The Bertz CT molecular complexity index is 4460.